The van der Waals surface area contributed by atoms with Crippen molar-refractivity contribution in [1.29, 1.82) is 0 Å². The van der Waals surface area contributed by atoms with E-state index in [1.54, 1.807) is 18.2 Å². The molecule has 0 radical (unpaired) electrons. The zero-order valence-corrected chi connectivity index (χ0v) is 15.5. The number of carbonyl (C=O) groups is 2. The summed E-state index contributed by atoms with van der Waals surface area (Å²) in [5.74, 6) is -0.373. The van der Waals surface area contributed by atoms with E-state index in [2.05, 4.69) is 5.32 Å². The SMILES string of the molecule is CC(=O)c1ccc2c(c1)[C@H](NC(=O)c1ccc(F)c(Cl)c1)CC(C)(C)O2. The molecule has 2 aromatic carbocycles. The summed E-state index contributed by atoms with van der Waals surface area (Å²) in [5, 5.41) is 2.84. The lowest BCUT2D eigenvalue weighted by molar-refractivity contribution is 0.0619. The second-order valence-corrected chi connectivity index (χ2v) is 7.44. The maximum Gasteiger partial charge on any atom is 0.251 e. The van der Waals surface area contributed by atoms with Gasteiger partial charge >= 0.3 is 0 Å². The third-order valence-corrected chi connectivity index (χ3v) is 4.65. The van der Waals surface area contributed by atoms with Crippen LogP contribution in [-0.4, -0.2) is 17.3 Å². The molecule has 1 N–H and O–H groups in total. The van der Waals surface area contributed by atoms with Crippen LogP contribution in [0, 0.1) is 5.82 Å². The summed E-state index contributed by atoms with van der Waals surface area (Å²) < 4.78 is 19.3. The van der Waals surface area contributed by atoms with Gasteiger partial charge in [-0.05, 0) is 57.2 Å². The van der Waals surface area contributed by atoms with Crippen LogP contribution < -0.4 is 10.1 Å². The average Bonchev–Trinajstić information content (AvgIpc) is 2.55. The number of rotatable bonds is 3. The highest BCUT2D eigenvalue weighted by atomic mass is 35.5. The molecule has 1 amide bonds. The highest BCUT2D eigenvalue weighted by Crippen LogP contribution is 2.40. The minimum Gasteiger partial charge on any atom is -0.487 e. The molecule has 4 nitrogen and oxygen atoms in total. The Bertz CT molecular complexity index is 895. The summed E-state index contributed by atoms with van der Waals surface area (Å²) in [5.41, 5.74) is 1.09. The zero-order valence-electron chi connectivity index (χ0n) is 14.7. The fraction of sp³-hybridized carbons (Fsp3) is 0.300. The van der Waals surface area contributed by atoms with Gasteiger partial charge in [0.15, 0.2) is 5.78 Å². The van der Waals surface area contributed by atoms with Crippen molar-refractivity contribution in [3.63, 3.8) is 0 Å². The average molecular weight is 376 g/mol. The van der Waals surface area contributed by atoms with Gasteiger partial charge in [0.25, 0.3) is 5.91 Å². The van der Waals surface area contributed by atoms with Crippen molar-refractivity contribution >= 4 is 23.3 Å². The number of fused-ring (bicyclic) bond motifs is 1. The Labute approximate surface area is 156 Å². The number of benzene rings is 2. The Morgan fingerprint density at radius 1 is 1.19 bits per heavy atom. The number of amides is 1. The highest BCUT2D eigenvalue weighted by molar-refractivity contribution is 6.31. The van der Waals surface area contributed by atoms with Crippen molar-refractivity contribution in [3.8, 4) is 5.75 Å². The highest BCUT2D eigenvalue weighted by Gasteiger charge is 2.35. The van der Waals surface area contributed by atoms with Gasteiger partial charge in [-0.1, -0.05) is 11.6 Å². The van der Waals surface area contributed by atoms with Gasteiger partial charge in [0.05, 0.1) is 11.1 Å². The van der Waals surface area contributed by atoms with Gasteiger partial charge in [0.1, 0.15) is 17.2 Å². The van der Waals surface area contributed by atoms with Crippen LogP contribution in [0.15, 0.2) is 36.4 Å². The van der Waals surface area contributed by atoms with Gasteiger partial charge in [0, 0.05) is 23.1 Å². The molecule has 1 heterocycles. The van der Waals surface area contributed by atoms with Crippen molar-refractivity contribution in [2.45, 2.75) is 38.8 Å². The molecule has 0 saturated carbocycles. The fourth-order valence-corrected chi connectivity index (χ4v) is 3.26. The fourth-order valence-electron chi connectivity index (χ4n) is 3.08. The van der Waals surface area contributed by atoms with E-state index < -0.39 is 11.4 Å². The van der Waals surface area contributed by atoms with Crippen molar-refractivity contribution < 1.29 is 18.7 Å². The molecule has 0 aliphatic carbocycles. The van der Waals surface area contributed by atoms with Gasteiger partial charge in [-0.25, -0.2) is 4.39 Å². The predicted molar refractivity (Wildman–Crippen MR) is 97.4 cm³/mol. The molecule has 0 fully saturated rings. The van der Waals surface area contributed by atoms with Crippen LogP contribution in [0.4, 0.5) is 4.39 Å². The standard InChI is InChI=1S/C20H19ClFNO3/c1-11(24)12-5-7-18-14(8-12)17(10-20(2,3)26-18)23-19(25)13-4-6-16(22)15(21)9-13/h4-9,17H,10H2,1-3H3,(H,23,25)/t17-/m1/s1. The number of ether oxygens (including phenoxy) is 1. The largest absolute Gasteiger partial charge is 0.487 e. The topological polar surface area (TPSA) is 55.4 Å². The summed E-state index contributed by atoms with van der Waals surface area (Å²) in [7, 11) is 0. The quantitative estimate of drug-likeness (QED) is 0.790. The van der Waals surface area contributed by atoms with Crippen LogP contribution in [0.25, 0.3) is 0 Å². The van der Waals surface area contributed by atoms with Crippen LogP contribution >= 0.6 is 11.6 Å². The Kier molecular flexibility index (Phi) is 4.76. The Morgan fingerprint density at radius 2 is 1.88 bits per heavy atom. The molecule has 1 aliphatic rings. The molecule has 6 heteroatoms. The summed E-state index contributed by atoms with van der Waals surface area (Å²) >= 11 is 5.77. The Hall–Kier alpha value is -2.40. The van der Waals surface area contributed by atoms with Crippen LogP contribution in [0.1, 0.15) is 59.5 Å². The van der Waals surface area contributed by atoms with Crippen LogP contribution in [-0.2, 0) is 0 Å². The summed E-state index contributed by atoms with van der Waals surface area (Å²) in [6.45, 7) is 5.36. The lowest BCUT2D eigenvalue weighted by Gasteiger charge is -2.38. The molecule has 0 saturated heterocycles. The maximum atomic E-state index is 13.3. The molecule has 1 aliphatic heterocycles. The Morgan fingerprint density at radius 3 is 2.54 bits per heavy atom. The van der Waals surface area contributed by atoms with Gasteiger partial charge in [-0.3, -0.25) is 9.59 Å². The molecular weight excluding hydrogens is 357 g/mol. The van der Waals surface area contributed by atoms with Crippen molar-refractivity contribution in [2.75, 3.05) is 0 Å². The number of carbonyl (C=O) groups excluding carboxylic acids is 2. The van der Waals surface area contributed by atoms with Gasteiger partial charge in [-0.15, -0.1) is 0 Å². The summed E-state index contributed by atoms with van der Waals surface area (Å²) in [4.78, 5) is 24.3. The minimum absolute atomic E-state index is 0.0620. The van der Waals surface area contributed by atoms with Crippen molar-refractivity contribution in [1.82, 2.24) is 5.32 Å². The molecule has 0 spiro atoms. The monoisotopic (exact) mass is 375 g/mol. The van der Waals surface area contributed by atoms with Gasteiger partial charge < -0.3 is 10.1 Å². The first-order valence-electron chi connectivity index (χ1n) is 8.26. The smallest absolute Gasteiger partial charge is 0.251 e. The third-order valence-electron chi connectivity index (χ3n) is 4.36. The molecule has 0 bridgehead atoms. The van der Waals surface area contributed by atoms with E-state index in [-0.39, 0.29) is 28.3 Å². The second-order valence-electron chi connectivity index (χ2n) is 7.03. The zero-order chi connectivity index (χ0) is 19.1. The first-order valence-corrected chi connectivity index (χ1v) is 8.64. The lowest BCUT2D eigenvalue weighted by Crippen LogP contribution is -2.41. The molecule has 26 heavy (non-hydrogen) atoms. The number of halogens is 2. The molecule has 3 rings (SSSR count). The molecule has 0 unspecified atom stereocenters. The van der Waals surface area contributed by atoms with E-state index in [1.807, 2.05) is 13.8 Å². The molecule has 2 aromatic rings. The van der Waals surface area contributed by atoms with Crippen LogP contribution in [0.5, 0.6) is 5.75 Å². The third kappa shape index (κ3) is 3.73. The van der Waals surface area contributed by atoms with Crippen molar-refractivity contribution in [3.05, 3.63) is 63.9 Å². The number of ketones is 1. The van der Waals surface area contributed by atoms with E-state index in [9.17, 15) is 14.0 Å². The normalized spacial score (nSPS) is 17.8. The molecule has 1 atom stereocenters. The predicted octanol–water partition coefficient (Wildman–Crippen LogP) is 4.71. The maximum absolute atomic E-state index is 13.3. The van der Waals surface area contributed by atoms with Crippen molar-refractivity contribution in [2.24, 2.45) is 0 Å². The van der Waals surface area contributed by atoms with E-state index in [4.69, 9.17) is 16.3 Å². The second kappa shape index (κ2) is 6.72. The number of nitrogens with one attached hydrogen (secondary N) is 1. The van der Waals surface area contributed by atoms with Gasteiger partial charge in [0.2, 0.25) is 0 Å². The number of hydrogen-bond donors (Lipinski definition) is 1. The van der Waals surface area contributed by atoms with E-state index in [1.165, 1.54) is 19.1 Å². The molecule has 136 valence electrons. The van der Waals surface area contributed by atoms with E-state index in [0.29, 0.717) is 17.7 Å². The van der Waals surface area contributed by atoms with Gasteiger partial charge in [-0.2, -0.15) is 0 Å². The molecule has 0 aromatic heterocycles. The van der Waals surface area contributed by atoms with Crippen LogP contribution in [0.2, 0.25) is 5.02 Å². The first-order chi connectivity index (χ1) is 12.2. The minimum atomic E-state index is -0.577. The first kappa shape index (κ1) is 18.4. The molecular formula is C20H19ClFNO3. The summed E-state index contributed by atoms with van der Waals surface area (Å²) in [6.07, 6.45) is 0.530. The Balaban J connectivity index is 1.93. The number of Topliss-reactive ketones (excluding diaryl/α,β-unsaturated/α-hetero) is 1. The number of hydrogen-bond acceptors (Lipinski definition) is 3. The summed E-state index contributed by atoms with van der Waals surface area (Å²) in [6, 6.07) is 8.70. The van der Waals surface area contributed by atoms with Crippen LogP contribution in [0.3, 0.4) is 0 Å². The lowest BCUT2D eigenvalue weighted by atomic mass is 9.88. The van der Waals surface area contributed by atoms with E-state index >= 15 is 0 Å². The van der Waals surface area contributed by atoms with E-state index in [0.717, 1.165) is 11.6 Å².